The lowest BCUT2D eigenvalue weighted by atomic mass is 10.1. The van der Waals surface area contributed by atoms with Gasteiger partial charge in [0.1, 0.15) is 11.2 Å². The summed E-state index contributed by atoms with van der Waals surface area (Å²) in [5.74, 6) is -0.780. The second-order valence-electron chi connectivity index (χ2n) is 12.1. The number of furan rings is 1. The Morgan fingerprint density at radius 1 is 0.451 bits per heavy atom. The number of rotatable bonds is 4. The Kier molecular flexibility index (Phi) is 4.17. The Balaban J connectivity index is 1.31. The summed E-state index contributed by atoms with van der Waals surface area (Å²) in [5.41, 5.74) is 4.51. The van der Waals surface area contributed by atoms with Gasteiger partial charge in [-0.15, -0.1) is 0 Å². The minimum absolute atomic E-state index is 0.0816. The Morgan fingerprint density at radius 2 is 0.961 bits per heavy atom. The van der Waals surface area contributed by atoms with Crippen LogP contribution in [0.2, 0.25) is 0 Å². The first-order chi connectivity index (χ1) is 29.4. The van der Waals surface area contributed by atoms with Crippen molar-refractivity contribution in [3.63, 3.8) is 0 Å². The second-order valence-corrected chi connectivity index (χ2v) is 12.1. The quantitative estimate of drug-likeness (QED) is 0.188. The predicted molar refractivity (Wildman–Crippen MR) is 207 cm³/mol. The van der Waals surface area contributed by atoms with Crippen LogP contribution in [0.1, 0.15) is 13.7 Å². The summed E-state index contributed by atoms with van der Waals surface area (Å²) in [6.45, 7) is 0. The maximum absolute atomic E-state index is 8.87. The van der Waals surface area contributed by atoms with Crippen LogP contribution < -0.4 is 0 Å². The molecule has 238 valence electrons. The molecular formula is C45H27N5O. The van der Waals surface area contributed by atoms with Crippen LogP contribution in [0, 0.1) is 0 Å². The highest BCUT2D eigenvalue weighted by Crippen LogP contribution is 2.42. The molecule has 4 aromatic heterocycles. The fourth-order valence-electron chi connectivity index (χ4n) is 7.24. The lowest BCUT2D eigenvalue weighted by molar-refractivity contribution is 0.668. The molecule has 4 heterocycles. The number of nitrogens with zero attached hydrogens (tertiary/aromatic N) is 5. The summed E-state index contributed by atoms with van der Waals surface area (Å²) in [6, 6.07) is 27.6. The van der Waals surface area contributed by atoms with E-state index < -0.39 is 60.4 Å². The highest BCUT2D eigenvalue weighted by Gasteiger charge is 2.23. The summed E-state index contributed by atoms with van der Waals surface area (Å²) in [4.78, 5) is 14.2. The van der Waals surface area contributed by atoms with E-state index in [2.05, 4.69) is 15.6 Å². The minimum atomic E-state index is -0.619. The minimum Gasteiger partial charge on any atom is -0.456 e. The molecule has 0 unspecified atom stereocenters. The molecule has 0 radical (unpaired) electrons. The molecule has 6 nitrogen and oxygen atoms in total. The summed E-state index contributed by atoms with van der Waals surface area (Å²) >= 11 is 0. The Hall–Kier alpha value is -7.05. The third-order valence-corrected chi connectivity index (χ3v) is 9.36. The van der Waals surface area contributed by atoms with E-state index in [1.165, 1.54) is 0 Å². The second kappa shape index (κ2) is 10.7. The van der Waals surface area contributed by atoms with E-state index in [-0.39, 0.29) is 28.7 Å². The predicted octanol–water partition coefficient (Wildman–Crippen LogP) is 11.3. The maximum atomic E-state index is 8.87. The largest absolute Gasteiger partial charge is 0.456 e. The Bertz CT molecular complexity index is 3600. The van der Waals surface area contributed by atoms with Gasteiger partial charge in [-0.3, -0.25) is 4.57 Å². The van der Waals surface area contributed by atoms with Crippen molar-refractivity contribution >= 4 is 65.6 Å². The zero-order valence-electron chi connectivity index (χ0n) is 36.5. The lowest BCUT2D eigenvalue weighted by Gasteiger charge is -2.13. The Labute approximate surface area is 305 Å². The van der Waals surface area contributed by atoms with Gasteiger partial charge in [-0.05, 0) is 30.3 Å². The number of para-hydroxylation sites is 3. The number of benzene rings is 7. The third kappa shape index (κ3) is 4.14. The van der Waals surface area contributed by atoms with E-state index in [1.807, 2.05) is 97.1 Å². The van der Waals surface area contributed by atoms with Crippen molar-refractivity contribution in [1.29, 1.82) is 0 Å². The standard InChI is InChI=1S/C45H27N5O/c1-3-13-28(14-4-1)43-46-44(29-15-5-2-6-16-29)48-45(47-43)50-38-21-11-8-18-32(38)36-26-25-35-31-17-7-10-20-37(31)49(41(35)42(36)50)30-23-24-34-33-19-9-12-22-39(33)51-40(34)27-30/h1-27H/i1D,2D,3D,4D,5D,6D,13D,14D,15D,16D. The van der Waals surface area contributed by atoms with E-state index in [9.17, 15) is 0 Å². The van der Waals surface area contributed by atoms with Gasteiger partial charge in [-0.25, -0.2) is 4.98 Å². The zero-order valence-corrected chi connectivity index (χ0v) is 26.5. The molecule has 0 aliphatic carbocycles. The van der Waals surface area contributed by atoms with Crippen LogP contribution in [0.3, 0.4) is 0 Å². The fourth-order valence-corrected chi connectivity index (χ4v) is 7.24. The molecule has 11 aromatic rings. The molecule has 11 rings (SSSR count). The summed E-state index contributed by atoms with van der Waals surface area (Å²) < 4.78 is 96.1. The van der Waals surface area contributed by atoms with Crippen LogP contribution in [0.4, 0.5) is 0 Å². The molecule has 0 atom stereocenters. The fraction of sp³-hybridized carbons (Fsp3) is 0. The summed E-state index contributed by atoms with van der Waals surface area (Å²) in [6.07, 6.45) is 0. The molecule has 0 aliphatic heterocycles. The molecule has 6 heteroatoms. The van der Waals surface area contributed by atoms with Crippen molar-refractivity contribution < 1.29 is 18.1 Å². The van der Waals surface area contributed by atoms with Crippen LogP contribution in [0.15, 0.2) is 168 Å². The SMILES string of the molecule is [2H]c1c([2H])c([2H])c(-c2nc(-c3c([2H])c([2H])c([2H])c([2H])c3[2H])nc(-n3c4ccccc4c4ccc5c6ccccc6n(-c6ccc7c(c6)oc6ccccc67)c5c43)n2)c([2H])c1[2H]. The maximum Gasteiger partial charge on any atom is 0.238 e. The van der Waals surface area contributed by atoms with Gasteiger partial charge >= 0.3 is 0 Å². The zero-order chi connectivity index (χ0) is 42.2. The summed E-state index contributed by atoms with van der Waals surface area (Å²) in [5, 5.41) is 5.43. The van der Waals surface area contributed by atoms with E-state index in [4.69, 9.17) is 28.1 Å². The van der Waals surface area contributed by atoms with Crippen molar-refractivity contribution in [3.05, 3.63) is 164 Å². The van der Waals surface area contributed by atoms with Gasteiger partial charge in [-0.1, -0.05) is 127 Å². The van der Waals surface area contributed by atoms with Crippen LogP contribution in [-0.4, -0.2) is 24.1 Å². The van der Waals surface area contributed by atoms with Crippen LogP contribution in [-0.2, 0) is 0 Å². The van der Waals surface area contributed by atoms with Crippen LogP contribution >= 0.6 is 0 Å². The lowest BCUT2D eigenvalue weighted by Crippen LogP contribution is -2.07. The average molecular weight is 664 g/mol. The number of fused-ring (bicyclic) bond motifs is 10. The van der Waals surface area contributed by atoms with E-state index in [1.54, 1.807) is 4.57 Å². The molecule has 0 fully saturated rings. The molecule has 0 amide bonds. The van der Waals surface area contributed by atoms with Crippen LogP contribution in [0.25, 0.3) is 100.0 Å². The van der Waals surface area contributed by atoms with Crippen LogP contribution in [0.5, 0.6) is 0 Å². The first-order valence-electron chi connectivity index (χ1n) is 21.2. The number of aromatic nitrogens is 5. The smallest absolute Gasteiger partial charge is 0.238 e. The molecule has 51 heavy (non-hydrogen) atoms. The molecule has 0 saturated carbocycles. The van der Waals surface area contributed by atoms with Gasteiger partial charge in [0, 0.05) is 49.5 Å². The molecule has 0 saturated heterocycles. The van der Waals surface area contributed by atoms with Gasteiger partial charge < -0.3 is 8.98 Å². The molecule has 0 bridgehead atoms. The van der Waals surface area contributed by atoms with E-state index in [0.29, 0.717) is 16.6 Å². The first-order valence-corrected chi connectivity index (χ1v) is 16.2. The van der Waals surface area contributed by atoms with E-state index in [0.717, 1.165) is 54.6 Å². The highest BCUT2D eigenvalue weighted by atomic mass is 16.3. The van der Waals surface area contributed by atoms with Gasteiger partial charge in [-0.2, -0.15) is 9.97 Å². The normalized spacial score (nSPS) is 14.7. The average Bonchev–Trinajstić information content (AvgIpc) is 3.94. The third-order valence-electron chi connectivity index (χ3n) is 9.36. The van der Waals surface area contributed by atoms with Gasteiger partial charge in [0.2, 0.25) is 5.95 Å². The molecule has 0 aliphatic rings. The molecule has 0 N–H and O–H groups in total. The van der Waals surface area contributed by atoms with Crippen molar-refractivity contribution in [3.8, 4) is 34.4 Å². The van der Waals surface area contributed by atoms with Gasteiger partial charge in [0.25, 0.3) is 0 Å². The van der Waals surface area contributed by atoms with Crippen molar-refractivity contribution in [2.24, 2.45) is 0 Å². The highest BCUT2D eigenvalue weighted by molar-refractivity contribution is 6.23. The number of hydrogen-bond acceptors (Lipinski definition) is 4. The number of hydrogen-bond donors (Lipinski definition) is 0. The molecular weight excluding hydrogens is 627 g/mol. The molecule has 7 aromatic carbocycles. The van der Waals surface area contributed by atoms with Gasteiger partial charge in [0.15, 0.2) is 11.6 Å². The first kappa shape index (κ1) is 19.8. The van der Waals surface area contributed by atoms with Crippen molar-refractivity contribution in [1.82, 2.24) is 24.1 Å². The van der Waals surface area contributed by atoms with Gasteiger partial charge in [0.05, 0.1) is 41.5 Å². The topological polar surface area (TPSA) is 61.7 Å². The summed E-state index contributed by atoms with van der Waals surface area (Å²) in [7, 11) is 0. The van der Waals surface area contributed by atoms with Crippen molar-refractivity contribution in [2.75, 3.05) is 0 Å². The monoisotopic (exact) mass is 663 g/mol. The molecule has 0 spiro atoms. The Morgan fingerprint density at radius 3 is 1.61 bits per heavy atom. The van der Waals surface area contributed by atoms with Crippen molar-refractivity contribution in [2.45, 2.75) is 0 Å². The van der Waals surface area contributed by atoms with E-state index >= 15 is 0 Å².